The second-order valence-corrected chi connectivity index (χ2v) is 3.74. The summed E-state index contributed by atoms with van der Waals surface area (Å²) >= 11 is 0. The number of rotatable bonds is 5. The van der Waals surface area contributed by atoms with Crippen molar-refractivity contribution in [3.05, 3.63) is 5.32 Å². The van der Waals surface area contributed by atoms with E-state index in [1.54, 1.807) is 21.0 Å². The molecule has 2 radical (unpaired) electrons. The SMILES string of the molecule is C.C.COC(C)C(C)(C)[N-]C(=O)[B]C(C)=O.[Y]. The minimum Gasteiger partial charge on any atom is -0.655 e. The zero-order valence-electron chi connectivity index (χ0n) is 9.90. The first-order valence-corrected chi connectivity index (χ1v) is 4.44. The van der Waals surface area contributed by atoms with E-state index in [4.69, 9.17) is 4.74 Å². The van der Waals surface area contributed by atoms with Crippen molar-refractivity contribution in [3.63, 3.8) is 0 Å². The Kier molecular flexibility index (Phi) is 17.4. The molecule has 0 aromatic heterocycles. The van der Waals surface area contributed by atoms with Crippen molar-refractivity contribution in [1.82, 2.24) is 0 Å². The van der Waals surface area contributed by atoms with Gasteiger partial charge in [-0.3, -0.25) is 0 Å². The van der Waals surface area contributed by atoms with Crippen LogP contribution in [0.5, 0.6) is 0 Å². The number of carbonyl (C=O) groups is 2. The zero-order valence-corrected chi connectivity index (χ0v) is 12.7. The predicted molar refractivity (Wildman–Crippen MR) is 69.2 cm³/mol. The van der Waals surface area contributed by atoms with Crippen LogP contribution in [0.3, 0.4) is 0 Å². The van der Waals surface area contributed by atoms with E-state index in [-0.39, 0.29) is 59.3 Å². The maximum Gasteiger partial charge on any atom is 0.264 e. The van der Waals surface area contributed by atoms with Crippen molar-refractivity contribution in [2.75, 3.05) is 7.11 Å². The fraction of sp³-hybridized carbons (Fsp3) is 0.818. The number of methoxy groups -OCH3 is 1. The molecule has 0 saturated heterocycles. The van der Waals surface area contributed by atoms with Gasteiger partial charge < -0.3 is 19.6 Å². The Labute approximate surface area is 132 Å². The van der Waals surface area contributed by atoms with Gasteiger partial charge in [-0.2, -0.15) is 0 Å². The number of ether oxygens (including phenoxy) is 1. The Bertz CT molecular complexity index is 235. The molecule has 0 spiro atoms. The first-order chi connectivity index (χ1) is 6.29. The molecule has 1 unspecified atom stereocenters. The molecule has 0 aromatic carbocycles. The molecule has 0 aliphatic carbocycles. The van der Waals surface area contributed by atoms with Gasteiger partial charge in [-0.1, -0.05) is 34.2 Å². The largest absolute Gasteiger partial charge is 0.655 e. The monoisotopic (exact) mass is 318 g/mol. The van der Waals surface area contributed by atoms with Crippen LogP contribution in [0.2, 0.25) is 0 Å². The molecular weight excluding hydrogens is 294 g/mol. The summed E-state index contributed by atoms with van der Waals surface area (Å²) in [6.45, 7) is 6.71. The molecular formula is C11H24BNO3Y-. The van der Waals surface area contributed by atoms with Crippen LogP contribution in [-0.4, -0.2) is 37.5 Å². The predicted octanol–water partition coefficient (Wildman–Crippen LogP) is 2.81. The zero-order chi connectivity index (χ0) is 11.4. The van der Waals surface area contributed by atoms with Gasteiger partial charge in [0, 0.05) is 51.7 Å². The molecule has 6 heteroatoms. The number of nitrogens with zero attached hydrogens (tertiary/aromatic N) is 1. The van der Waals surface area contributed by atoms with Gasteiger partial charge in [-0.15, -0.1) is 0 Å². The Morgan fingerprint density at radius 1 is 1.29 bits per heavy atom. The summed E-state index contributed by atoms with van der Waals surface area (Å²) < 4.78 is 5.08. The van der Waals surface area contributed by atoms with E-state index in [9.17, 15) is 9.59 Å². The van der Waals surface area contributed by atoms with Gasteiger partial charge in [0.05, 0.1) is 5.68 Å². The summed E-state index contributed by atoms with van der Waals surface area (Å²) in [5, 5.41) is 3.88. The molecule has 1 atom stereocenters. The molecule has 0 rings (SSSR count). The summed E-state index contributed by atoms with van der Waals surface area (Å²) in [5.41, 5.74) is -0.905. The molecule has 0 aromatic rings. The van der Waals surface area contributed by atoms with Crippen LogP contribution < -0.4 is 0 Å². The number of carbonyl (C=O) groups excluding carboxylic acids is 2. The van der Waals surface area contributed by atoms with Gasteiger partial charge in [0.2, 0.25) is 0 Å². The Balaban J connectivity index is -0.000000282. The molecule has 0 N–H and O–H groups in total. The fourth-order valence-electron chi connectivity index (χ4n) is 0.869. The fourth-order valence-corrected chi connectivity index (χ4v) is 0.869. The Morgan fingerprint density at radius 2 is 1.71 bits per heavy atom. The Hall–Kier alpha value is 0.269. The molecule has 0 saturated carbocycles. The standard InChI is InChI=1S/C9H17BNO3.2CH4.Y/c1-6(14-5)9(3,4)11-8(13)10-7(2)12;;;/h6H,1-5H3,(H,11,13);2*1H4;/p-1. The maximum atomic E-state index is 11.2. The van der Waals surface area contributed by atoms with Crippen molar-refractivity contribution in [2.45, 2.75) is 54.2 Å². The molecule has 0 bridgehead atoms. The Morgan fingerprint density at radius 3 is 2.00 bits per heavy atom. The van der Waals surface area contributed by atoms with Gasteiger partial charge in [-0.05, 0) is 13.8 Å². The van der Waals surface area contributed by atoms with Gasteiger partial charge in [0.15, 0.2) is 0 Å². The third kappa shape index (κ3) is 11.1. The third-order valence-electron chi connectivity index (χ3n) is 2.07. The third-order valence-corrected chi connectivity index (χ3v) is 2.07. The van der Waals surface area contributed by atoms with Crippen LogP contribution in [0.4, 0.5) is 4.79 Å². The molecule has 1 amide bonds. The van der Waals surface area contributed by atoms with Gasteiger partial charge >= 0.3 is 0 Å². The van der Waals surface area contributed by atoms with Crippen molar-refractivity contribution < 1.29 is 47.0 Å². The van der Waals surface area contributed by atoms with Crippen LogP contribution in [0.25, 0.3) is 5.32 Å². The van der Waals surface area contributed by atoms with Crippen LogP contribution in [0, 0.1) is 0 Å². The second kappa shape index (κ2) is 11.4. The molecule has 0 aliphatic rings. The maximum absolute atomic E-state index is 11.2. The van der Waals surface area contributed by atoms with E-state index >= 15 is 0 Å². The minimum atomic E-state index is -0.613. The second-order valence-electron chi connectivity index (χ2n) is 3.74. The number of hydrogen-bond donors (Lipinski definition) is 0. The first-order valence-electron chi connectivity index (χ1n) is 4.44. The van der Waals surface area contributed by atoms with Crippen molar-refractivity contribution in [1.29, 1.82) is 0 Å². The normalized spacial score (nSPS) is 10.9. The topological polar surface area (TPSA) is 57.5 Å². The van der Waals surface area contributed by atoms with Gasteiger partial charge in [0.1, 0.15) is 0 Å². The number of amides is 1. The summed E-state index contributed by atoms with van der Waals surface area (Å²) in [6, 6.07) is 0. The number of hydrogen-bond acceptors (Lipinski definition) is 3. The molecule has 98 valence electrons. The van der Waals surface area contributed by atoms with E-state index in [1.165, 1.54) is 6.92 Å². The van der Waals surface area contributed by atoms with Crippen molar-refractivity contribution >= 4 is 18.8 Å². The summed E-state index contributed by atoms with van der Waals surface area (Å²) in [4.78, 5) is 21.8. The smallest absolute Gasteiger partial charge is 0.264 e. The minimum absolute atomic E-state index is 0. The van der Waals surface area contributed by atoms with Crippen LogP contribution in [0.1, 0.15) is 42.5 Å². The average Bonchev–Trinajstić information content (AvgIpc) is 1.99. The van der Waals surface area contributed by atoms with Crippen LogP contribution in [-0.2, 0) is 42.2 Å². The van der Waals surface area contributed by atoms with Crippen LogP contribution in [0.15, 0.2) is 0 Å². The van der Waals surface area contributed by atoms with Crippen molar-refractivity contribution in [2.24, 2.45) is 0 Å². The quantitative estimate of drug-likeness (QED) is 0.733. The van der Waals surface area contributed by atoms with E-state index < -0.39 is 11.3 Å². The summed E-state index contributed by atoms with van der Waals surface area (Å²) in [6.07, 6.45) is -0.174. The van der Waals surface area contributed by atoms with Crippen molar-refractivity contribution in [3.8, 4) is 0 Å². The van der Waals surface area contributed by atoms with E-state index in [1.807, 2.05) is 6.92 Å². The van der Waals surface area contributed by atoms with E-state index in [2.05, 4.69) is 5.32 Å². The molecule has 0 heterocycles. The van der Waals surface area contributed by atoms with Crippen LogP contribution >= 0.6 is 0 Å². The molecule has 0 fully saturated rings. The van der Waals surface area contributed by atoms with Gasteiger partial charge in [-0.25, -0.2) is 0 Å². The molecule has 17 heavy (non-hydrogen) atoms. The molecule has 4 nitrogen and oxygen atoms in total. The van der Waals surface area contributed by atoms with Gasteiger partial charge in [0.25, 0.3) is 7.28 Å². The average molecular weight is 318 g/mol. The van der Waals surface area contributed by atoms with E-state index in [0.29, 0.717) is 0 Å². The summed E-state index contributed by atoms with van der Waals surface area (Å²) in [7, 11) is 2.53. The summed E-state index contributed by atoms with van der Waals surface area (Å²) in [5.74, 6) is -0.508. The molecule has 0 aliphatic heterocycles. The first kappa shape index (κ1) is 26.0. The van der Waals surface area contributed by atoms with E-state index in [0.717, 1.165) is 7.28 Å².